The molecule has 14 nitrogen and oxygen atoms in total. The Morgan fingerprint density at radius 3 is 2.40 bits per heavy atom. The van der Waals surface area contributed by atoms with Crippen molar-refractivity contribution in [1.29, 1.82) is 0 Å². The summed E-state index contributed by atoms with van der Waals surface area (Å²) in [6.07, 6.45) is 8.55. The SMILES string of the molecule is CSON1C(C)=C1c1ccc(CNC(=O)C2CC(O)CN2C(=O)C(NC(=O)CNC(=O)C23CC(C)CC(C2)C2(OOC4(CCCCC4)O2)C(C)C3)C(C)(C)C)cc1. The van der Waals surface area contributed by atoms with Crippen LogP contribution in [0.2, 0.25) is 0 Å². The third kappa shape index (κ3) is 8.34. The van der Waals surface area contributed by atoms with Gasteiger partial charge in [-0.1, -0.05) is 65.3 Å². The highest BCUT2D eigenvalue weighted by Crippen LogP contribution is 2.62. The second kappa shape index (κ2) is 16.1. The largest absolute Gasteiger partial charge is 0.391 e. The van der Waals surface area contributed by atoms with Gasteiger partial charge < -0.3 is 30.7 Å². The number of likely N-dealkylation sites (tertiary alicyclic amines) is 1. The van der Waals surface area contributed by atoms with Crippen molar-refractivity contribution in [3.8, 4) is 0 Å². The first-order chi connectivity index (χ1) is 27.0. The number of nitrogens with zero attached hydrogens (tertiary/aromatic N) is 2. The van der Waals surface area contributed by atoms with Gasteiger partial charge in [0.25, 0.3) is 0 Å². The fraction of sp³-hybridized carbons (Fsp3) is 0.714. The van der Waals surface area contributed by atoms with Crippen molar-refractivity contribution in [3.05, 3.63) is 41.1 Å². The van der Waals surface area contributed by atoms with Crippen molar-refractivity contribution in [1.82, 2.24) is 25.9 Å². The Morgan fingerprint density at radius 2 is 1.72 bits per heavy atom. The molecule has 4 amide bonds. The number of carbonyl (C=O) groups excluding carboxylic acids is 4. The predicted octanol–water partition coefficient (Wildman–Crippen LogP) is 4.92. The van der Waals surface area contributed by atoms with Gasteiger partial charge in [0.1, 0.15) is 12.1 Å². The van der Waals surface area contributed by atoms with Gasteiger partial charge in [-0.05, 0) is 62.3 Å². The molecule has 0 aromatic heterocycles. The fourth-order valence-corrected chi connectivity index (χ4v) is 10.7. The Morgan fingerprint density at radius 1 is 1.00 bits per heavy atom. The molecule has 8 unspecified atom stereocenters. The van der Waals surface area contributed by atoms with E-state index in [4.69, 9.17) is 18.8 Å². The van der Waals surface area contributed by atoms with E-state index >= 15 is 0 Å². The van der Waals surface area contributed by atoms with E-state index in [1.807, 2.05) is 58.2 Å². The van der Waals surface area contributed by atoms with Crippen molar-refractivity contribution in [2.24, 2.45) is 28.6 Å². The number of hydrogen-bond acceptors (Lipinski definition) is 11. The van der Waals surface area contributed by atoms with Gasteiger partial charge in [0, 0.05) is 68.0 Å². The lowest BCUT2D eigenvalue weighted by molar-refractivity contribution is -0.382. The minimum atomic E-state index is -1.01. The lowest BCUT2D eigenvalue weighted by atomic mass is 9.54. The minimum Gasteiger partial charge on any atom is -0.391 e. The molecule has 3 heterocycles. The van der Waals surface area contributed by atoms with Gasteiger partial charge in [-0.2, -0.15) is 14.1 Å². The van der Waals surface area contributed by atoms with Gasteiger partial charge >= 0.3 is 0 Å². The number of hydrogen-bond donors (Lipinski definition) is 4. The molecule has 3 saturated carbocycles. The van der Waals surface area contributed by atoms with Gasteiger partial charge in [-0.3, -0.25) is 19.2 Å². The summed E-state index contributed by atoms with van der Waals surface area (Å²) in [4.78, 5) is 68.9. The van der Waals surface area contributed by atoms with Gasteiger partial charge in [0.15, 0.2) is 0 Å². The molecule has 4 N–H and O–H groups in total. The number of nitrogens with one attached hydrogen (secondary N) is 3. The molecule has 15 heteroatoms. The quantitative estimate of drug-likeness (QED) is 0.177. The minimum absolute atomic E-state index is 0.0310. The molecular weight excluding hydrogens is 751 g/mol. The first kappa shape index (κ1) is 41.9. The Bertz CT molecular complexity index is 1740. The molecule has 3 aliphatic heterocycles. The van der Waals surface area contributed by atoms with Crippen LogP contribution in [0.15, 0.2) is 30.0 Å². The number of aliphatic hydroxyl groups is 1. The molecule has 5 fully saturated rings. The molecule has 3 aliphatic carbocycles. The predicted molar refractivity (Wildman–Crippen MR) is 212 cm³/mol. The molecule has 2 bridgehead atoms. The molecule has 1 aromatic carbocycles. The smallest absolute Gasteiger partial charge is 0.246 e. The number of amides is 4. The highest BCUT2D eigenvalue weighted by Gasteiger charge is 2.66. The van der Waals surface area contributed by atoms with E-state index in [-0.39, 0.29) is 55.6 Å². The third-order valence-electron chi connectivity index (χ3n) is 13.1. The van der Waals surface area contributed by atoms with Crippen LogP contribution in [0.5, 0.6) is 0 Å². The second-order valence-electron chi connectivity index (χ2n) is 18.6. The summed E-state index contributed by atoms with van der Waals surface area (Å²) < 4.78 is 12.3. The van der Waals surface area contributed by atoms with Crippen molar-refractivity contribution in [3.63, 3.8) is 0 Å². The zero-order valence-electron chi connectivity index (χ0n) is 34.5. The molecule has 2 spiro atoms. The second-order valence-corrected chi connectivity index (χ2v) is 19.1. The van der Waals surface area contributed by atoms with E-state index in [2.05, 4.69) is 29.8 Å². The van der Waals surface area contributed by atoms with Gasteiger partial charge in [-0.15, -0.1) is 0 Å². The lowest BCUT2D eigenvalue weighted by Crippen LogP contribution is -2.61. The van der Waals surface area contributed by atoms with Crippen LogP contribution in [-0.4, -0.2) is 87.8 Å². The number of benzene rings is 1. The summed E-state index contributed by atoms with van der Waals surface area (Å²) in [7, 11) is 0. The summed E-state index contributed by atoms with van der Waals surface area (Å²) in [5, 5.41) is 21.1. The van der Waals surface area contributed by atoms with Crippen molar-refractivity contribution < 1.29 is 43.1 Å². The maximum absolute atomic E-state index is 14.2. The zero-order chi connectivity index (χ0) is 40.9. The standard InChI is InChI=1S/C42H61N5O9S/c1-25-17-30-21-40(19-25,20-26(2)42(30)53-41(54-55-42)15-9-8-10-16-41)38(52)44-23-33(49)45-35(39(4,5)6)37(51)46-24-31(48)18-32(46)36(50)43-22-28-11-13-29(14-12-28)34-27(3)47(34)56-57-7/h11-14,25-26,30-32,35,48H,8-10,15-24H2,1-7H3,(H,43,50)(H,44,52)(H,45,49). The van der Waals surface area contributed by atoms with Crippen LogP contribution >= 0.6 is 12.0 Å². The summed E-state index contributed by atoms with van der Waals surface area (Å²) in [5.74, 6) is -3.02. The third-order valence-corrected chi connectivity index (χ3v) is 13.4. The normalized spacial score (nSPS) is 32.4. The summed E-state index contributed by atoms with van der Waals surface area (Å²) in [5.41, 5.74) is 2.51. The molecule has 6 aliphatic rings. The van der Waals surface area contributed by atoms with E-state index in [9.17, 15) is 24.3 Å². The van der Waals surface area contributed by atoms with E-state index < -0.39 is 52.4 Å². The average Bonchev–Trinajstić information content (AvgIpc) is 3.44. The summed E-state index contributed by atoms with van der Waals surface area (Å²) >= 11 is 1.27. The van der Waals surface area contributed by atoms with E-state index in [1.165, 1.54) is 16.9 Å². The highest BCUT2D eigenvalue weighted by molar-refractivity contribution is 7.93. The van der Waals surface area contributed by atoms with Crippen LogP contribution in [0.1, 0.15) is 117 Å². The number of β-amino-alcohol motifs (C(OH)–C–C–N with tert-alkyl or cyclic N) is 1. The molecule has 1 aromatic rings. The summed E-state index contributed by atoms with van der Waals surface area (Å²) in [6, 6.07) is 5.87. The van der Waals surface area contributed by atoms with Crippen molar-refractivity contribution in [2.75, 3.05) is 19.3 Å². The summed E-state index contributed by atoms with van der Waals surface area (Å²) in [6.45, 7) is 11.6. The van der Waals surface area contributed by atoms with Gasteiger partial charge in [0.05, 0.1) is 29.5 Å². The first-order valence-electron chi connectivity index (χ1n) is 20.7. The number of rotatable bonds is 11. The molecular formula is C42H61N5O9S. The van der Waals surface area contributed by atoms with Crippen LogP contribution in [0.3, 0.4) is 0 Å². The number of fused-ring (bicyclic) bond motifs is 3. The number of carbonyl (C=O) groups is 4. The van der Waals surface area contributed by atoms with E-state index in [1.54, 1.807) is 5.06 Å². The Hall–Kier alpha value is -3.21. The Balaban J connectivity index is 0.949. The molecule has 2 saturated heterocycles. The maximum atomic E-state index is 14.2. The van der Waals surface area contributed by atoms with Crippen LogP contribution < -0.4 is 16.0 Å². The molecule has 0 radical (unpaired) electrons. The monoisotopic (exact) mass is 811 g/mol. The molecule has 7 rings (SSSR count). The number of allylic oxidation sites excluding steroid dienone is 1. The zero-order valence-corrected chi connectivity index (χ0v) is 35.3. The van der Waals surface area contributed by atoms with Crippen LogP contribution in [-0.2, 0) is 44.5 Å². The topological polar surface area (TPSA) is 168 Å². The lowest BCUT2D eigenvalue weighted by Gasteiger charge is -2.55. The highest BCUT2D eigenvalue weighted by atomic mass is 32.2. The molecule has 8 atom stereocenters. The van der Waals surface area contributed by atoms with Gasteiger partial charge in [-0.25, -0.2) is 5.06 Å². The number of aliphatic hydroxyl groups excluding tert-OH is 1. The molecule has 314 valence electrons. The maximum Gasteiger partial charge on any atom is 0.246 e. The van der Waals surface area contributed by atoms with Crippen LogP contribution in [0, 0.1) is 28.6 Å². The Labute approximate surface area is 340 Å². The van der Waals surface area contributed by atoms with E-state index in [0.717, 1.165) is 61.0 Å². The molecule has 57 heavy (non-hydrogen) atoms. The number of hydroxylamine groups is 2. The van der Waals surface area contributed by atoms with Crippen LogP contribution in [0.25, 0.3) is 5.70 Å². The van der Waals surface area contributed by atoms with E-state index in [0.29, 0.717) is 19.3 Å². The van der Waals surface area contributed by atoms with Crippen molar-refractivity contribution >= 4 is 41.4 Å². The fourth-order valence-electron chi connectivity index (χ4n) is 10.3. The Kier molecular flexibility index (Phi) is 11.8. The average molecular weight is 812 g/mol. The van der Waals surface area contributed by atoms with Crippen molar-refractivity contribution in [2.45, 2.75) is 142 Å². The van der Waals surface area contributed by atoms with Crippen LogP contribution in [0.4, 0.5) is 0 Å². The number of ether oxygens (including phenoxy) is 1. The first-order valence-corrected chi connectivity index (χ1v) is 21.9. The van der Waals surface area contributed by atoms with Gasteiger partial charge in [0.2, 0.25) is 35.2 Å².